The van der Waals surface area contributed by atoms with Gasteiger partial charge in [-0.3, -0.25) is 4.21 Å². The summed E-state index contributed by atoms with van der Waals surface area (Å²) in [6, 6.07) is 7.59. The van der Waals surface area contributed by atoms with Crippen LogP contribution in [0.5, 0.6) is 0 Å². The SMILES string of the molecule is CC(CNc1ccc(N)c(CC#N)c1)S(C)=O. The number of nitrogens with zero attached hydrogens (tertiary/aromatic N) is 1. The van der Waals surface area contributed by atoms with Gasteiger partial charge in [0, 0.05) is 40.2 Å². The summed E-state index contributed by atoms with van der Waals surface area (Å²) in [6.07, 6.45) is 1.99. The van der Waals surface area contributed by atoms with Crippen LogP contribution in [0.4, 0.5) is 11.4 Å². The fourth-order valence-electron chi connectivity index (χ4n) is 1.33. The molecule has 0 fully saturated rings. The molecule has 5 heteroatoms. The van der Waals surface area contributed by atoms with Gasteiger partial charge >= 0.3 is 0 Å². The van der Waals surface area contributed by atoms with E-state index in [2.05, 4.69) is 11.4 Å². The Morgan fingerprint density at radius 1 is 1.59 bits per heavy atom. The summed E-state index contributed by atoms with van der Waals surface area (Å²) in [7, 11) is -0.837. The average molecular weight is 251 g/mol. The number of rotatable bonds is 5. The molecule has 1 rings (SSSR count). The molecule has 0 aliphatic heterocycles. The van der Waals surface area contributed by atoms with Gasteiger partial charge in [0.15, 0.2) is 0 Å². The van der Waals surface area contributed by atoms with Crippen LogP contribution in [0.2, 0.25) is 0 Å². The number of benzene rings is 1. The van der Waals surface area contributed by atoms with E-state index in [1.165, 1.54) is 0 Å². The lowest BCUT2D eigenvalue weighted by molar-refractivity contribution is 0.679. The smallest absolute Gasteiger partial charge is 0.0670 e. The molecule has 17 heavy (non-hydrogen) atoms. The molecule has 0 saturated carbocycles. The highest BCUT2D eigenvalue weighted by molar-refractivity contribution is 7.84. The van der Waals surface area contributed by atoms with E-state index >= 15 is 0 Å². The van der Waals surface area contributed by atoms with E-state index in [0.29, 0.717) is 18.7 Å². The Hall–Kier alpha value is -1.54. The lowest BCUT2D eigenvalue weighted by Crippen LogP contribution is -2.20. The number of nitrogen functional groups attached to an aromatic ring is 1. The second-order valence-corrected chi connectivity index (χ2v) is 5.74. The molecule has 0 aliphatic carbocycles. The van der Waals surface area contributed by atoms with Crippen molar-refractivity contribution < 1.29 is 4.21 Å². The first-order chi connectivity index (χ1) is 8.04. The minimum absolute atomic E-state index is 0.0898. The predicted molar refractivity (Wildman–Crippen MR) is 72.2 cm³/mol. The van der Waals surface area contributed by atoms with Crippen LogP contribution < -0.4 is 11.1 Å². The van der Waals surface area contributed by atoms with Gasteiger partial charge in [0.1, 0.15) is 0 Å². The van der Waals surface area contributed by atoms with Gasteiger partial charge in [0.2, 0.25) is 0 Å². The third kappa shape index (κ3) is 4.08. The van der Waals surface area contributed by atoms with Crippen molar-refractivity contribution in [1.29, 1.82) is 5.26 Å². The molecule has 92 valence electrons. The predicted octanol–water partition coefficient (Wildman–Crippen LogP) is 1.51. The molecule has 3 N–H and O–H groups in total. The van der Waals surface area contributed by atoms with E-state index in [1.54, 1.807) is 12.3 Å². The first-order valence-electron chi connectivity index (χ1n) is 5.36. The van der Waals surface area contributed by atoms with E-state index in [-0.39, 0.29) is 5.25 Å². The van der Waals surface area contributed by atoms with Crippen LogP contribution in [0.1, 0.15) is 12.5 Å². The second-order valence-electron chi connectivity index (χ2n) is 3.94. The number of nitrogens with one attached hydrogen (secondary N) is 1. The van der Waals surface area contributed by atoms with Gasteiger partial charge in [-0.2, -0.15) is 5.26 Å². The fraction of sp³-hybridized carbons (Fsp3) is 0.417. The molecule has 1 aromatic carbocycles. The molecule has 0 aliphatic rings. The maximum absolute atomic E-state index is 11.2. The molecule has 1 aromatic rings. The minimum Gasteiger partial charge on any atom is -0.398 e. The monoisotopic (exact) mass is 251 g/mol. The van der Waals surface area contributed by atoms with Gasteiger partial charge in [-0.25, -0.2) is 0 Å². The van der Waals surface area contributed by atoms with Gasteiger partial charge in [0.05, 0.1) is 12.5 Å². The van der Waals surface area contributed by atoms with Crippen LogP contribution in [-0.2, 0) is 17.2 Å². The summed E-state index contributed by atoms with van der Waals surface area (Å²) in [6.45, 7) is 2.57. The number of hydrogen-bond acceptors (Lipinski definition) is 4. The van der Waals surface area contributed by atoms with Crippen molar-refractivity contribution in [3.8, 4) is 6.07 Å². The standard InChI is InChI=1S/C12H17N3OS/c1-9(17(2)16)8-15-11-3-4-12(14)10(7-11)5-6-13/h3-4,7,9,15H,5,8,14H2,1-2H3. The Bertz CT molecular complexity index is 454. The zero-order valence-corrected chi connectivity index (χ0v) is 10.9. The Balaban J connectivity index is 2.70. The van der Waals surface area contributed by atoms with Gasteiger partial charge in [-0.05, 0) is 30.7 Å². The van der Waals surface area contributed by atoms with E-state index < -0.39 is 10.8 Å². The molecular weight excluding hydrogens is 234 g/mol. The highest BCUT2D eigenvalue weighted by atomic mass is 32.2. The van der Waals surface area contributed by atoms with E-state index in [4.69, 9.17) is 11.0 Å². The molecule has 0 radical (unpaired) electrons. The molecule has 4 nitrogen and oxygen atoms in total. The van der Waals surface area contributed by atoms with Crippen molar-refractivity contribution in [2.24, 2.45) is 0 Å². The fourth-order valence-corrected chi connectivity index (χ4v) is 1.65. The number of hydrogen-bond donors (Lipinski definition) is 2. The summed E-state index contributed by atoms with van der Waals surface area (Å²) in [5.74, 6) is 0. The normalized spacial score (nSPS) is 13.7. The third-order valence-electron chi connectivity index (χ3n) is 2.57. The number of nitriles is 1. The number of anilines is 2. The lowest BCUT2D eigenvalue weighted by atomic mass is 10.1. The second kappa shape index (κ2) is 6.26. The Morgan fingerprint density at radius 3 is 2.88 bits per heavy atom. The topological polar surface area (TPSA) is 78.9 Å². The molecule has 2 unspecified atom stereocenters. The van der Waals surface area contributed by atoms with Crippen LogP contribution >= 0.6 is 0 Å². The summed E-state index contributed by atoms with van der Waals surface area (Å²) < 4.78 is 11.2. The van der Waals surface area contributed by atoms with Crippen molar-refractivity contribution >= 4 is 22.2 Å². The lowest BCUT2D eigenvalue weighted by Gasteiger charge is -2.12. The van der Waals surface area contributed by atoms with E-state index in [0.717, 1.165) is 11.3 Å². The Labute approximate surface area is 104 Å². The van der Waals surface area contributed by atoms with Crippen molar-refractivity contribution in [2.75, 3.05) is 23.9 Å². The quantitative estimate of drug-likeness (QED) is 0.778. The highest BCUT2D eigenvalue weighted by Crippen LogP contribution is 2.18. The van der Waals surface area contributed by atoms with Crippen LogP contribution in [-0.4, -0.2) is 22.3 Å². The van der Waals surface area contributed by atoms with Crippen LogP contribution in [0.15, 0.2) is 18.2 Å². The molecule has 0 amide bonds. The molecule has 0 spiro atoms. The Kier molecular flexibility index (Phi) is 4.98. The minimum atomic E-state index is -0.837. The summed E-state index contributed by atoms with van der Waals surface area (Å²) in [5.41, 5.74) is 8.11. The molecular formula is C12H17N3OS. The van der Waals surface area contributed by atoms with Crippen molar-refractivity contribution in [3.05, 3.63) is 23.8 Å². The van der Waals surface area contributed by atoms with E-state index in [1.807, 2.05) is 19.1 Å². The molecule has 0 saturated heterocycles. The molecule has 0 heterocycles. The van der Waals surface area contributed by atoms with Gasteiger partial charge in [-0.15, -0.1) is 0 Å². The third-order valence-corrected chi connectivity index (χ3v) is 3.87. The van der Waals surface area contributed by atoms with Crippen LogP contribution in [0.3, 0.4) is 0 Å². The van der Waals surface area contributed by atoms with Gasteiger partial charge in [-0.1, -0.05) is 0 Å². The molecule has 2 atom stereocenters. The van der Waals surface area contributed by atoms with Crippen molar-refractivity contribution in [2.45, 2.75) is 18.6 Å². The maximum Gasteiger partial charge on any atom is 0.0670 e. The van der Waals surface area contributed by atoms with Crippen molar-refractivity contribution in [1.82, 2.24) is 0 Å². The zero-order valence-electron chi connectivity index (χ0n) is 10.1. The van der Waals surface area contributed by atoms with Crippen LogP contribution in [0, 0.1) is 11.3 Å². The zero-order chi connectivity index (χ0) is 12.8. The maximum atomic E-state index is 11.2. The molecule has 0 aromatic heterocycles. The first kappa shape index (κ1) is 13.5. The number of nitrogens with two attached hydrogens (primary N) is 1. The molecule has 0 bridgehead atoms. The van der Waals surface area contributed by atoms with Gasteiger partial charge < -0.3 is 11.1 Å². The summed E-state index contributed by atoms with van der Waals surface area (Å²) in [5, 5.41) is 11.9. The first-order valence-corrected chi connectivity index (χ1v) is 6.98. The average Bonchev–Trinajstić information content (AvgIpc) is 2.29. The van der Waals surface area contributed by atoms with E-state index in [9.17, 15) is 4.21 Å². The Morgan fingerprint density at radius 2 is 2.29 bits per heavy atom. The van der Waals surface area contributed by atoms with Gasteiger partial charge in [0.25, 0.3) is 0 Å². The largest absolute Gasteiger partial charge is 0.398 e. The van der Waals surface area contributed by atoms with Crippen molar-refractivity contribution in [3.63, 3.8) is 0 Å². The van der Waals surface area contributed by atoms with Crippen LogP contribution in [0.25, 0.3) is 0 Å². The summed E-state index contributed by atoms with van der Waals surface area (Å²) in [4.78, 5) is 0. The summed E-state index contributed by atoms with van der Waals surface area (Å²) >= 11 is 0. The highest BCUT2D eigenvalue weighted by Gasteiger charge is 2.06.